The Bertz CT molecular complexity index is 1130. The van der Waals surface area contributed by atoms with Crippen LogP contribution in [0, 0.1) is 11.8 Å². The third-order valence-corrected chi connectivity index (χ3v) is 8.80. The first-order chi connectivity index (χ1) is 14.2. The number of rotatable bonds is 3. The first-order valence-electron chi connectivity index (χ1n) is 10.6. The molecule has 0 saturated carbocycles. The van der Waals surface area contributed by atoms with Crippen molar-refractivity contribution in [2.24, 2.45) is 25.9 Å². The molecule has 3 heterocycles. The van der Waals surface area contributed by atoms with E-state index < -0.39 is 10.0 Å². The lowest BCUT2D eigenvalue weighted by atomic mass is 9.81. The molecule has 0 aliphatic carbocycles. The zero-order chi connectivity index (χ0) is 21.6. The van der Waals surface area contributed by atoms with Crippen molar-refractivity contribution in [3.63, 3.8) is 0 Å². The molecule has 2 fully saturated rings. The Balaban J connectivity index is 1.53. The summed E-state index contributed by atoms with van der Waals surface area (Å²) in [5, 5.41) is 0. The minimum absolute atomic E-state index is 0.0116. The first kappa shape index (κ1) is 21.1. The summed E-state index contributed by atoms with van der Waals surface area (Å²) >= 11 is 0. The number of amides is 1. The molecule has 1 amide bonds. The highest BCUT2D eigenvalue weighted by atomic mass is 32.2. The van der Waals surface area contributed by atoms with E-state index in [0.29, 0.717) is 37.0 Å². The van der Waals surface area contributed by atoms with Crippen molar-refractivity contribution in [1.82, 2.24) is 18.3 Å². The van der Waals surface area contributed by atoms with Crippen LogP contribution in [0.25, 0.3) is 11.0 Å². The summed E-state index contributed by atoms with van der Waals surface area (Å²) in [5.41, 5.74) is 1.13. The van der Waals surface area contributed by atoms with Crippen molar-refractivity contribution in [2.75, 3.05) is 26.7 Å². The number of likely N-dealkylation sites (tertiary alicyclic amines) is 1. The largest absolute Gasteiger partial charge is 0.346 e. The average molecular weight is 435 g/mol. The van der Waals surface area contributed by atoms with E-state index >= 15 is 0 Å². The van der Waals surface area contributed by atoms with Gasteiger partial charge in [0.15, 0.2) is 0 Å². The molecular weight excluding hydrogens is 404 g/mol. The van der Waals surface area contributed by atoms with Crippen LogP contribution in [0.15, 0.2) is 27.9 Å². The van der Waals surface area contributed by atoms with E-state index in [1.54, 1.807) is 32.3 Å². The number of benzene rings is 1. The van der Waals surface area contributed by atoms with E-state index in [2.05, 4.69) is 0 Å². The molecule has 1 aromatic heterocycles. The van der Waals surface area contributed by atoms with Gasteiger partial charge in [-0.05, 0) is 49.8 Å². The number of hydrogen-bond donors (Lipinski definition) is 0. The topological polar surface area (TPSA) is 84.6 Å². The van der Waals surface area contributed by atoms with Gasteiger partial charge in [0.1, 0.15) is 0 Å². The Kier molecular flexibility index (Phi) is 5.52. The van der Waals surface area contributed by atoms with Gasteiger partial charge in [-0.25, -0.2) is 13.2 Å². The standard InChI is InChI=1S/C21H30N4O4S/c1-22-11-5-4-6-17(20(22)26)15-9-12-25(13-10-15)30(28,29)16-7-8-18-19(14-16)24(3)21(27)23(18)2/h7-8,14-15,17H,4-6,9-13H2,1-3H3/t17-/m0/s1. The van der Waals surface area contributed by atoms with E-state index in [-0.39, 0.29) is 28.3 Å². The van der Waals surface area contributed by atoms with Crippen molar-refractivity contribution >= 4 is 27.0 Å². The zero-order valence-electron chi connectivity index (χ0n) is 17.9. The molecule has 4 rings (SSSR count). The van der Waals surface area contributed by atoms with Crippen LogP contribution in [-0.2, 0) is 28.9 Å². The molecule has 0 bridgehead atoms. The van der Waals surface area contributed by atoms with Gasteiger partial charge >= 0.3 is 5.69 Å². The molecule has 2 saturated heterocycles. The van der Waals surface area contributed by atoms with Gasteiger partial charge in [-0.1, -0.05) is 6.42 Å². The van der Waals surface area contributed by atoms with Crippen LogP contribution in [0.4, 0.5) is 0 Å². The minimum Gasteiger partial charge on any atom is -0.346 e. The Morgan fingerprint density at radius 3 is 2.23 bits per heavy atom. The molecular formula is C21H30N4O4S. The molecule has 0 radical (unpaired) electrons. The van der Waals surface area contributed by atoms with Crippen LogP contribution in [0.1, 0.15) is 32.1 Å². The minimum atomic E-state index is -3.65. The molecule has 164 valence electrons. The van der Waals surface area contributed by atoms with Gasteiger partial charge in [0.2, 0.25) is 15.9 Å². The van der Waals surface area contributed by atoms with Gasteiger partial charge in [0.25, 0.3) is 0 Å². The average Bonchev–Trinajstić information content (AvgIpc) is 2.86. The third kappa shape index (κ3) is 3.47. The molecule has 2 aliphatic rings. The quantitative estimate of drug-likeness (QED) is 0.733. The third-order valence-electron chi connectivity index (χ3n) is 6.90. The zero-order valence-corrected chi connectivity index (χ0v) is 18.7. The van der Waals surface area contributed by atoms with Gasteiger partial charge in [-0.15, -0.1) is 0 Å². The Morgan fingerprint density at radius 1 is 0.867 bits per heavy atom. The smallest absolute Gasteiger partial charge is 0.328 e. The molecule has 30 heavy (non-hydrogen) atoms. The predicted octanol–water partition coefficient (Wildman–Crippen LogP) is 1.54. The fourth-order valence-corrected chi connectivity index (χ4v) is 6.47. The van der Waals surface area contributed by atoms with E-state index in [4.69, 9.17) is 0 Å². The first-order valence-corrected chi connectivity index (χ1v) is 12.1. The van der Waals surface area contributed by atoms with Gasteiger partial charge in [0.05, 0.1) is 15.9 Å². The molecule has 2 aromatic rings. The Labute approximate surface area is 177 Å². The van der Waals surface area contributed by atoms with E-state index in [0.717, 1.165) is 25.8 Å². The molecule has 0 spiro atoms. The lowest BCUT2D eigenvalue weighted by molar-refractivity contribution is -0.135. The van der Waals surface area contributed by atoms with Crippen molar-refractivity contribution < 1.29 is 13.2 Å². The van der Waals surface area contributed by atoms with Crippen LogP contribution in [-0.4, -0.2) is 59.3 Å². The highest BCUT2D eigenvalue weighted by Crippen LogP contribution is 2.33. The van der Waals surface area contributed by atoms with Gasteiger partial charge < -0.3 is 4.90 Å². The monoisotopic (exact) mass is 434 g/mol. The number of piperidine rings is 1. The Hall–Kier alpha value is -2.13. The van der Waals surface area contributed by atoms with Crippen LogP contribution >= 0.6 is 0 Å². The van der Waals surface area contributed by atoms with Crippen molar-refractivity contribution in [1.29, 1.82) is 0 Å². The molecule has 0 unspecified atom stereocenters. The van der Waals surface area contributed by atoms with Gasteiger partial charge in [-0.2, -0.15) is 4.31 Å². The van der Waals surface area contributed by atoms with Crippen molar-refractivity contribution in [3.05, 3.63) is 28.7 Å². The van der Waals surface area contributed by atoms with Crippen LogP contribution in [0.2, 0.25) is 0 Å². The van der Waals surface area contributed by atoms with Gasteiger partial charge in [0, 0.05) is 46.7 Å². The molecule has 8 nitrogen and oxygen atoms in total. The fraction of sp³-hybridized carbons (Fsp3) is 0.619. The second-order valence-corrected chi connectivity index (χ2v) is 10.6. The second kappa shape index (κ2) is 7.85. The Morgan fingerprint density at radius 2 is 1.53 bits per heavy atom. The fourth-order valence-electron chi connectivity index (χ4n) is 4.98. The number of aromatic nitrogens is 2. The highest BCUT2D eigenvalue weighted by Gasteiger charge is 2.37. The van der Waals surface area contributed by atoms with E-state index in [1.165, 1.54) is 13.4 Å². The predicted molar refractivity (Wildman–Crippen MR) is 115 cm³/mol. The molecule has 9 heteroatoms. The maximum atomic E-state index is 13.2. The summed E-state index contributed by atoms with van der Waals surface area (Å²) in [5.74, 6) is 0.462. The lowest BCUT2D eigenvalue weighted by Gasteiger charge is -2.35. The maximum Gasteiger partial charge on any atom is 0.328 e. The summed E-state index contributed by atoms with van der Waals surface area (Å²) < 4.78 is 31.0. The lowest BCUT2D eigenvalue weighted by Crippen LogP contribution is -2.43. The van der Waals surface area contributed by atoms with Crippen LogP contribution in [0.5, 0.6) is 0 Å². The van der Waals surface area contributed by atoms with Crippen LogP contribution < -0.4 is 5.69 Å². The van der Waals surface area contributed by atoms with Crippen molar-refractivity contribution in [3.8, 4) is 0 Å². The number of aryl methyl sites for hydroxylation is 2. The normalized spacial score (nSPS) is 22.6. The second-order valence-electron chi connectivity index (χ2n) is 8.65. The summed E-state index contributed by atoms with van der Waals surface area (Å²) in [6.07, 6.45) is 4.40. The number of fused-ring (bicyclic) bond motifs is 1. The summed E-state index contributed by atoms with van der Waals surface area (Å²) in [6, 6.07) is 4.85. The molecule has 1 aromatic carbocycles. The molecule has 1 atom stereocenters. The van der Waals surface area contributed by atoms with Crippen LogP contribution in [0.3, 0.4) is 0 Å². The molecule has 0 N–H and O–H groups in total. The van der Waals surface area contributed by atoms with Gasteiger partial charge in [-0.3, -0.25) is 13.9 Å². The summed E-state index contributed by atoms with van der Waals surface area (Å²) in [4.78, 5) is 26.9. The number of hydrogen-bond acceptors (Lipinski definition) is 4. The van der Waals surface area contributed by atoms with Crippen molar-refractivity contribution in [2.45, 2.75) is 37.0 Å². The number of imidazole rings is 1. The number of nitrogens with zero attached hydrogens (tertiary/aromatic N) is 4. The number of carbonyl (C=O) groups excluding carboxylic acids is 1. The van der Waals surface area contributed by atoms with E-state index in [1.807, 2.05) is 11.9 Å². The summed E-state index contributed by atoms with van der Waals surface area (Å²) in [6.45, 7) is 1.66. The summed E-state index contributed by atoms with van der Waals surface area (Å²) in [7, 11) is 1.54. The SMILES string of the molecule is CN1CCCC[C@@H](C2CCN(S(=O)(=O)c3ccc4c(c3)n(C)c(=O)n4C)CC2)C1=O. The maximum absolute atomic E-state index is 13.2. The van der Waals surface area contributed by atoms with E-state index in [9.17, 15) is 18.0 Å². The molecule has 2 aliphatic heterocycles. The number of carbonyl (C=O) groups is 1. The number of sulfonamides is 1. The highest BCUT2D eigenvalue weighted by molar-refractivity contribution is 7.89.